The second kappa shape index (κ2) is 9.03. The minimum Gasteiger partial charge on any atom is -0.351 e. The quantitative estimate of drug-likeness (QED) is 0.810. The molecular weight excluding hydrogens is 326 g/mol. The number of amides is 2. The van der Waals surface area contributed by atoms with Crippen molar-refractivity contribution in [3.05, 3.63) is 64.4 Å². The number of carbonyl (C=O) groups excluding carboxylic acids is 2. The second-order valence-electron chi connectivity index (χ2n) is 5.30. The zero-order valence-electron chi connectivity index (χ0n) is 13.5. The lowest BCUT2D eigenvalue weighted by atomic mass is 10.1. The van der Waals surface area contributed by atoms with E-state index in [0.29, 0.717) is 24.5 Å². The number of rotatable bonds is 7. The molecule has 0 spiro atoms. The molecule has 6 heteroatoms. The molecule has 0 atom stereocenters. The summed E-state index contributed by atoms with van der Waals surface area (Å²) in [5, 5.41) is 6.23. The lowest BCUT2D eigenvalue weighted by molar-refractivity contribution is 0.0944. The first-order chi connectivity index (χ1) is 11.6. The van der Waals surface area contributed by atoms with Crippen LogP contribution in [0.2, 0.25) is 5.02 Å². The molecule has 0 fully saturated rings. The molecule has 1 aromatic carbocycles. The van der Waals surface area contributed by atoms with E-state index in [1.807, 2.05) is 31.2 Å². The second-order valence-corrected chi connectivity index (χ2v) is 5.73. The van der Waals surface area contributed by atoms with Gasteiger partial charge >= 0.3 is 0 Å². The Labute approximate surface area is 146 Å². The van der Waals surface area contributed by atoms with Gasteiger partial charge in [-0.2, -0.15) is 0 Å². The Morgan fingerprint density at radius 2 is 1.54 bits per heavy atom. The van der Waals surface area contributed by atoms with Crippen molar-refractivity contribution in [3.8, 4) is 0 Å². The molecular formula is C18H20ClN3O2. The molecule has 5 nitrogen and oxygen atoms in total. The van der Waals surface area contributed by atoms with E-state index in [4.69, 9.17) is 11.6 Å². The average molecular weight is 346 g/mol. The monoisotopic (exact) mass is 345 g/mol. The van der Waals surface area contributed by atoms with E-state index < -0.39 is 0 Å². The Morgan fingerprint density at radius 1 is 0.958 bits per heavy atom. The van der Waals surface area contributed by atoms with E-state index in [9.17, 15) is 9.59 Å². The van der Waals surface area contributed by atoms with Crippen molar-refractivity contribution in [3.63, 3.8) is 0 Å². The molecule has 2 rings (SSSR count). The lowest BCUT2D eigenvalue weighted by Crippen LogP contribution is -2.29. The van der Waals surface area contributed by atoms with Gasteiger partial charge in [0.1, 0.15) is 11.4 Å². The van der Waals surface area contributed by atoms with Crippen LogP contribution in [-0.2, 0) is 6.42 Å². The third-order valence-corrected chi connectivity index (χ3v) is 3.61. The topological polar surface area (TPSA) is 71.1 Å². The summed E-state index contributed by atoms with van der Waals surface area (Å²) in [4.78, 5) is 28.2. The third-order valence-electron chi connectivity index (χ3n) is 3.36. The summed E-state index contributed by atoms with van der Waals surface area (Å²) in [6.07, 6.45) is 1.54. The largest absolute Gasteiger partial charge is 0.351 e. The first kappa shape index (κ1) is 17.9. The predicted molar refractivity (Wildman–Crippen MR) is 94.4 cm³/mol. The number of hydrogen-bond donors (Lipinski definition) is 2. The highest BCUT2D eigenvalue weighted by atomic mass is 35.5. The molecule has 0 aliphatic heterocycles. The summed E-state index contributed by atoms with van der Waals surface area (Å²) in [5.74, 6) is -0.568. The van der Waals surface area contributed by atoms with E-state index in [1.165, 1.54) is 0 Å². The van der Waals surface area contributed by atoms with Gasteiger partial charge in [0.25, 0.3) is 11.8 Å². The summed E-state index contributed by atoms with van der Waals surface area (Å²) >= 11 is 5.84. The zero-order valence-corrected chi connectivity index (χ0v) is 14.3. The van der Waals surface area contributed by atoms with Crippen LogP contribution < -0.4 is 10.6 Å². The van der Waals surface area contributed by atoms with E-state index in [-0.39, 0.29) is 23.2 Å². The normalized spacial score (nSPS) is 10.2. The van der Waals surface area contributed by atoms with Gasteiger partial charge in [-0.25, -0.2) is 4.98 Å². The first-order valence-electron chi connectivity index (χ1n) is 7.88. The van der Waals surface area contributed by atoms with Gasteiger partial charge < -0.3 is 10.6 Å². The summed E-state index contributed by atoms with van der Waals surface area (Å²) in [6, 6.07) is 12.3. The van der Waals surface area contributed by atoms with Crippen LogP contribution in [0.5, 0.6) is 0 Å². The number of nitrogens with zero attached hydrogens (tertiary/aromatic N) is 1. The van der Waals surface area contributed by atoms with E-state index in [1.54, 1.807) is 18.2 Å². The van der Waals surface area contributed by atoms with Crippen molar-refractivity contribution in [2.75, 3.05) is 13.1 Å². The highest BCUT2D eigenvalue weighted by Gasteiger charge is 2.11. The average Bonchev–Trinajstić information content (AvgIpc) is 2.61. The smallest absolute Gasteiger partial charge is 0.269 e. The molecule has 2 aromatic rings. The van der Waals surface area contributed by atoms with Crippen LogP contribution in [0.15, 0.2) is 42.5 Å². The molecule has 126 valence electrons. The fourth-order valence-corrected chi connectivity index (χ4v) is 2.20. The van der Waals surface area contributed by atoms with Gasteiger partial charge in [0.15, 0.2) is 0 Å². The maximum atomic E-state index is 12.2. The van der Waals surface area contributed by atoms with Crippen molar-refractivity contribution in [1.29, 1.82) is 0 Å². The summed E-state index contributed by atoms with van der Waals surface area (Å²) < 4.78 is 0. The molecule has 24 heavy (non-hydrogen) atoms. The van der Waals surface area contributed by atoms with Crippen LogP contribution in [0, 0.1) is 0 Å². The molecule has 2 amide bonds. The van der Waals surface area contributed by atoms with Crippen LogP contribution in [-0.4, -0.2) is 29.9 Å². The van der Waals surface area contributed by atoms with Crippen LogP contribution >= 0.6 is 11.6 Å². The molecule has 1 heterocycles. The number of hydrogen-bond acceptors (Lipinski definition) is 3. The Hall–Kier alpha value is -2.40. The molecule has 1 aromatic heterocycles. The molecule has 0 aliphatic carbocycles. The Morgan fingerprint density at radius 3 is 2.12 bits per heavy atom. The van der Waals surface area contributed by atoms with E-state index >= 15 is 0 Å². The number of halogens is 1. The standard InChI is InChI=1S/C18H20ClN3O2/c1-2-11-20-17(23)15-4-3-5-16(22-15)18(24)21-12-10-13-6-8-14(19)9-7-13/h3-9H,2,10-12H2,1H3,(H,20,23)(H,21,24). The fraction of sp³-hybridized carbons (Fsp3) is 0.278. The number of pyridine rings is 1. The van der Waals surface area contributed by atoms with Gasteiger partial charge in [-0.05, 0) is 42.7 Å². The van der Waals surface area contributed by atoms with E-state index in [0.717, 1.165) is 12.0 Å². The molecule has 0 aliphatic rings. The maximum absolute atomic E-state index is 12.2. The molecule has 0 radical (unpaired) electrons. The number of aromatic nitrogens is 1. The van der Waals surface area contributed by atoms with Crippen molar-refractivity contribution in [2.45, 2.75) is 19.8 Å². The van der Waals surface area contributed by atoms with Gasteiger partial charge in [0.05, 0.1) is 0 Å². The minimum atomic E-state index is -0.297. The molecule has 0 saturated carbocycles. The molecule has 2 N–H and O–H groups in total. The SMILES string of the molecule is CCCNC(=O)c1cccc(C(=O)NCCc2ccc(Cl)cc2)n1. The van der Waals surface area contributed by atoms with Gasteiger partial charge in [0.2, 0.25) is 0 Å². The first-order valence-corrected chi connectivity index (χ1v) is 8.26. The van der Waals surface area contributed by atoms with Gasteiger partial charge in [-0.3, -0.25) is 9.59 Å². The van der Waals surface area contributed by atoms with E-state index in [2.05, 4.69) is 15.6 Å². The van der Waals surface area contributed by atoms with Crippen LogP contribution in [0.25, 0.3) is 0 Å². The third kappa shape index (κ3) is 5.35. The van der Waals surface area contributed by atoms with Crippen molar-refractivity contribution in [1.82, 2.24) is 15.6 Å². The van der Waals surface area contributed by atoms with Gasteiger partial charge in [0, 0.05) is 18.1 Å². The molecule has 0 unspecified atom stereocenters. The number of benzene rings is 1. The predicted octanol–water partition coefficient (Wildman–Crippen LogP) is 2.85. The van der Waals surface area contributed by atoms with Gasteiger partial charge in [-0.1, -0.05) is 36.7 Å². The Kier molecular flexibility index (Phi) is 6.75. The maximum Gasteiger partial charge on any atom is 0.269 e. The van der Waals surface area contributed by atoms with Crippen LogP contribution in [0.4, 0.5) is 0 Å². The minimum absolute atomic E-state index is 0.232. The number of nitrogens with one attached hydrogen (secondary N) is 2. The Bertz CT molecular complexity index is 702. The lowest BCUT2D eigenvalue weighted by Gasteiger charge is -2.07. The fourth-order valence-electron chi connectivity index (χ4n) is 2.08. The summed E-state index contributed by atoms with van der Waals surface area (Å²) in [7, 11) is 0. The van der Waals surface area contributed by atoms with Crippen molar-refractivity contribution >= 4 is 23.4 Å². The Balaban J connectivity index is 1.90. The van der Waals surface area contributed by atoms with Crippen LogP contribution in [0.1, 0.15) is 39.9 Å². The highest BCUT2D eigenvalue weighted by Crippen LogP contribution is 2.09. The summed E-state index contributed by atoms with van der Waals surface area (Å²) in [6.45, 7) is 3.03. The molecule has 0 bridgehead atoms. The van der Waals surface area contributed by atoms with Crippen LogP contribution in [0.3, 0.4) is 0 Å². The molecule has 0 saturated heterocycles. The van der Waals surface area contributed by atoms with Crippen molar-refractivity contribution < 1.29 is 9.59 Å². The van der Waals surface area contributed by atoms with Crippen molar-refractivity contribution in [2.24, 2.45) is 0 Å². The number of carbonyl (C=O) groups is 2. The van der Waals surface area contributed by atoms with Gasteiger partial charge in [-0.15, -0.1) is 0 Å². The highest BCUT2D eigenvalue weighted by molar-refractivity contribution is 6.30. The summed E-state index contributed by atoms with van der Waals surface area (Å²) in [5.41, 5.74) is 1.56. The zero-order chi connectivity index (χ0) is 17.4.